The first-order chi connectivity index (χ1) is 19.1. The third-order valence-corrected chi connectivity index (χ3v) is 9.21. The van der Waals surface area contributed by atoms with Gasteiger partial charge in [0.05, 0.1) is 13.2 Å². The van der Waals surface area contributed by atoms with Gasteiger partial charge in [-0.3, -0.25) is 9.59 Å². The first kappa shape index (κ1) is 30.3. The molecule has 1 unspecified atom stereocenters. The standard InChI is InChI=1S/C36H50O4/c1-7-39-33-21-29(22-34(40-8-2)35(33)28-14-15-28)24(3)31(32(38)20-27-18-30(19-27)25(4)37)16-17-36(5,6)23-26-12-10-9-11-13-26/h9-13,21-22,24,27-28,30-31H,7-8,14-20,23H2,1-6H3/t24-,27?,30?,31?/m1/s1. The van der Waals surface area contributed by atoms with Crippen molar-refractivity contribution in [2.45, 2.75) is 105 Å². The van der Waals surface area contributed by atoms with Crippen LogP contribution in [-0.4, -0.2) is 24.8 Å². The van der Waals surface area contributed by atoms with Crippen LogP contribution in [0.25, 0.3) is 0 Å². The van der Waals surface area contributed by atoms with E-state index in [2.05, 4.69) is 63.2 Å². The minimum Gasteiger partial charge on any atom is -0.493 e. The van der Waals surface area contributed by atoms with E-state index in [4.69, 9.17) is 9.47 Å². The molecular formula is C36H50O4. The molecule has 0 amide bonds. The average Bonchev–Trinajstić information content (AvgIpc) is 3.71. The molecule has 2 aliphatic carbocycles. The molecule has 4 nitrogen and oxygen atoms in total. The number of hydrogen-bond acceptors (Lipinski definition) is 4. The molecule has 218 valence electrons. The minimum absolute atomic E-state index is 0.0513. The quantitative estimate of drug-likeness (QED) is 0.211. The SMILES string of the molecule is CCOc1cc([C@@H](C)C(CCC(C)(C)Cc2ccccc2)C(=O)CC2CC(C(C)=O)C2)cc(OCC)c1C1CC1. The molecule has 4 heteroatoms. The van der Waals surface area contributed by atoms with E-state index in [1.54, 1.807) is 6.92 Å². The highest BCUT2D eigenvalue weighted by molar-refractivity contribution is 5.83. The van der Waals surface area contributed by atoms with E-state index in [-0.39, 0.29) is 29.0 Å². The lowest BCUT2D eigenvalue weighted by Crippen LogP contribution is -2.33. The van der Waals surface area contributed by atoms with Crippen LogP contribution < -0.4 is 9.47 Å². The molecule has 2 saturated carbocycles. The summed E-state index contributed by atoms with van der Waals surface area (Å²) in [6.07, 6.45) is 7.47. The van der Waals surface area contributed by atoms with Gasteiger partial charge in [-0.05, 0) is 112 Å². The van der Waals surface area contributed by atoms with E-state index in [0.717, 1.165) is 49.2 Å². The van der Waals surface area contributed by atoms with E-state index >= 15 is 0 Å². The van der Waals surface area contributed by atoms with Crippen molar-refractivity contribution >= 4 is 11.6 Å². The van der Waals surface area contributed by atoms with Gasteiger partial charge in [0.2, 0.25) is 0 Å². The molecule has 2 fully saturated rings. The zero-order valence-electron chi connectivity index (χ0n) is 25.6. The number of rotatable bonds is 16. The summed E-state index contributed by atoms with van der Waals surface area (Å²) in [7, 11) is 0. The summed E-state index contributed by atoms with van der Waals surface area (Å²) in [6.45, 7) is 13.8. The van der Waals surface area contributed by atoms with E-state index in [0.29, 0.717) is 37.3 Å². The number of hydrogen-bond donors (Lipinski definition) is 0. The van der Waals surface area contributed by atoms with Crippen molar-refractivity contribution in [3.8, 4) is 11.5 Å². The van der Waals surface area contributed by atoms with Gasteiger partial charge >= 0.3 is 0 Å². The maximum absolute atomic E-state index is 14.0. The summed E-state index contributed by atoms with van der Waals surface area (Å²) < 4.78 is 12.3. The highest BCUT2D eigenvalue weighted by Crippen LogP contribution is 2.51. The lowest BCUT2D eigenvalue weighted by Gasteiger charge is -2.35. The Morgan fingerprint density at radius 2 is 1.57 bits per heavy atom. The fraction of sp³-hybridized carbons (Fsp3) is 0.611. The largest absolute Gasteiger partial charge is 0.493 e. The van der Waals surface area contributed by atoms with Crippen LogP contribution in [0.2, 0.25) is 0 Å². The summed E-state index contributed by atoms with van der Waals surface area (Å²) in [5, 5.41) is 0. The molecule has 0 spiro atoms. The van der Waals surface area contributed by atoms with Gasteiger partial charge in [-0.2, -0.15) is 0 Å². The lowest BCUT2D eigenvalue weighted by atomic mass is 9.68. The van der Waals surface area contributed by atoms with Gasteiger partial charge in [-0.25, -0.2) is 0 Å². The Balaban J connectivity index is 1.57. The molecule has 0 N–H and O–H groups in total. The number of benzene rings is 2. The van der Waals surface area contributed by atoms with Crippen LogP contribution in [0, 0.1) is 23.2 Å². The van der Waals surface area contributed by atoms with Crippen LogP contribution in [-0.2, 0) is 16.0 Å². The molecule has 0 radical (unpaired) electrons. The zero-order chi connectivity index (χ0) is 28.9. The number of ketones is 2. The zero-order valence-corrected chi connectivity index (χ0v) is 25.6. The second-order valence-corrected chi connectivity index (χ2v) is 13.1. The van der Waals surface area contributed by atoms with Crippen molar-refractivity contribution < 1.29 is 19.1 Å². The van der Waals surface area contributed by atoms with E-state index in [1.807, 2.05) is 13.8 Å². The predicted octanol–water partition coefficient (Wildman–Crippen LogP) is 8.70. The van der Waals surface area contributed by atoms with Gasteiger partial charge in [0.1, 0.15) is 23.1 Å². The van der Waals surface area contributed by atoms with Gasteiger partial charge in [0.25, 0.3) is 0 Å². The first-order valence-electron chi connectivity index (χ1n) is 15.6. The van der Waals surface area contributed by atoms with Crippen molar-refractivity contribution in [2.24, 2.45) is 23.2 Å². The van der Waals surface area contributed by atoms with Crippen LogP contribution in [0.1, 0.15) is 115 Å². The van der Waals surface area contributed by atoms with E-state index in [9.17, 15) is 9.59 Å². The Hall–Kier alpha value is -2.62. The Bertz CT molecular complexity index is 1110. The summed E-state index contributed by atoms with van der Waals surface area (Å²) in [6, 6.07) is 15.0. The van der Waals surface area contributed by atoms with Crippen LogP contribution in [0.15, 0.2) is 42.5 Å². The summed E-state index contributed by atoms with van der Waals surface area (Å²) in [5.41, 5.74) is 3.76. The summed E-state index contributed by atoms with van der Waals surface area (Å²) in [4.78, 5) is 25.8. The van der Waals surface area contributed by atoms with Crippen molar-refractivity contribution in [1.29, 1.82) is 0 Å². The second-order valence-electron chi connectivity index (χ2n) is 13.1. The van der Waals surface area contributed by atoms with Crippen molar-refractivity contribution in [2.75, 3.05) is 13.2 Å². The lowest BCUT2D eigenvalue weighted by molar-refractivity contribution is -0.130. The van der Waals surface area contributed by atoms with Crippen molar-refractivity contribution in [1.82, 2.24) is 0 Å². The molecule has 40 heavy (non-hydrogen) atoms. The van der Waals surface area contributed by atoms with E-state index in [1.165, 1.54) is 24.0 Å². The molecule has 2 aromatic carbocycles. The second kappa shape index (κ2) is 13.4. The van der Waals surface area contributed by atoms with Crippen molar-refractivity contribution in [3.63, 3.8) is 0 Å². The number of carbonyl (C=O) groups is 2. The summed E-state index contributed by atoms with van der Waals surface area (Å²) >= 11 is 0. The molecule has 0 bridgehead atoms. The third kappa shape index (κ3) is 7.77. The maximum atomic E-state index is 14.0. The Morgan fingerprint density at radius 3 is 2.10 bits per heavy atom. The van der Waals surface area contributed by atoms with Gasteiger partial charge < -0.3 is 9.47 Å². The summed E-state index contributed by atoms with van der Waals surface area (Å²) in [5.74, 6) is 3.43. The molecule has 0 heterocycles. The van der Waals surface area contributed by atoms with Gasteiger partial charge in [-0.15, -0.1) is 0 Å². The molecule has 2 aliphatic rings. The first-order valence-corrected chi connectivity index (χ1v) is 15.6. The molecule has 0 aromatic heterocycles. The fourth-order valence-corrected chi connectivity index (χ4v) is 6.58. The molecule has 4 rings (SSSR count). The number of ether oxygens (including phenoxy) is 2. The van der Waals surface area contributed by atoms with Crippen LogP contribution in [0.5, 0.6) is 11.5 Å². The van der Waals surface area contributed by atoms with Crippen molar-refractivity contribution in [3.05, 3.63) is 59.2 Å². The Morgan fingerprint density at radius 1 is 0.975 bits per heavy atom. The normalized spacial score (nSPS) is 20.4. The average molecular weight is 547 g/mol. The predicted molar refractivity (Wildman–Crippen MR) is 162 cm³/mol. The van der Waals surface area contributed by atoms with Crippen LogP contribution in [0.4, 0.5) is 0 Å². The number of carbonyl (C=O) groups excluding carboxylic acids is 2. The maximum Gasteiger partial charge on any atom is 0.136 e. The molecular weight excluding hydrogens is 496 g/mol. The molecule has 2 aromatic rings. The van der Waals surface area contributed by atoms with Gasteiger partial charge in [-0.1, -0.05) is 51.1 Å². The van der Waals surface area contributed by atoms with Gasteiger partial charge in [0, 0.05) is 23.8 Å². The highest BCUT2D eigenvalue weighted by atomic mass is 16.5. The van der Waals surface area contributed by atoms with Gasteiger partial charge in [0.15, 0.2) is 0 Å². The Kier molecular flexibility index (Phi) is 10.1. The fourth-order valence-electron chi connectivity index (χ4n) is 6.58. The smallest absolute Gasteiger partial charge is 0.136 e. The van der Waals surface area contributed by atoms with Crippen LogP contribution in [0.3, 0.4) is 0 Å². The van der Waals surface area contributed by atoms with E-state index < -0.39 is 0 Å². The third-order valence-electron chi connectivity index (χ3n) is 9.21. The molecule has 0 aliphatic heterocycles. The highest BCUT2D eigenvalue weighted by Gasteiger charge is 2.38. The monoisotopic (exact) mass is 546 g/mol. The topological polar surface area (TPSA) is 52.6 Å². The Labute approximate surface area is 242 Å². The minimum atomic E-state index is -0.0813. The van der Waals surface area contributed by atoms with Crippen LogP contribution >= 0.6 is 0 Å². The molecule has 0 saturated heterocycles. The molecule has 2 atom stereocenters. The number of Topliss-reactive ketones (excluding diaryl/α,β-unsaturated/α-hetero) is 2.